The molecule has 0 atom stereocenters. The van der Waals surface area contributed by atoms with E-state index in [2.05, 4.69) is 37.3 Å². The molecular formula is C33H39ClF2. The number of aryl methyl sites for hydroxylation is 4. The van der Waals surface area contributed by atoms with Crippen LogP contribution in [0.4, 0.5) is 8.78 Å². The summed E-state index contributed by atoms with van der Waals surface area (Å²) in [7, 11) is 0. The Labute approximate surface area is 221 Å². The van der Waals surface area contributed by atoms with Crippen molar-refractivity contribution in [1.82, 2.24) is 0 Å². The summed E-state index contributed by atoms with van der Waals surface area (Å²) < 4.78 is 28.4. The number of rotatable bonds is 11. The first-order chi connectivity index (χ1) is 17.5. The fraction of sp³-hybridized carbons (Fsp3) is 0.455. The van der Waals surface area contributed by atoms with Gasteiger partial charge in [-0.15, -0.1) is 0 Å². The SMILES string of the molecule is CCCCCc1ccc(C2CCC(CCc3ccc(CCc4ccc(Cl)c(F)c4)c(F)c3)CC2)cc1. The van der Waals surface area contributed by atoms with Gasteiger partial charge in [0.25, 0.3) is 0 Å². The number of benzene rings is 3. The molecule has 3 aromatic carbocycles. The van der Waals surface area contributed by atoms with Crippen LogP contribution in [0.3, 0.4) is 0 Å². The van der Waals surface area contributed by atoms with Crippen LogP contribution in [-0.2, 0) is 25.7 Å². The van der Waals surface area contributed by atoms with Crippen LogP contribution in [0.25, 0.3) is 0 Å². The average molecular weight is 509 g/mol. The number of unbranched alkanes of at least 4 members (excludes halogenated alkanes) is 2. The van der Waals surface area contributed by atoms with Gasteiger partial charge >= 0.3 is 0 Å². The predicted molar refractivity (Wildman–Crippen MR) is 148 cm³/mol. The topological polar surface area (TPSA) is 0 Å². The van der Waals surface area contributed by atoms with Crippen LogP contribution < -0.4 is 0 Å². The van der Waals surface area contributed by atoms with Crippen LogP contribution >= 0.6 is 11.6 Å². The molecule has 1 fully saturated rings. The van der Waals surface area contributed by atoms with E-state index in [1.807, 2.05) is 6.07 Å². The molecule has 0 nitrogen and oxygen atoms in total. The molecule has 36 heavy (non-hydrogen) atoms. The van der Waals surface area contributed by atoms with E-state index in [-0.39, 0.29) is 10.8 Å². The summed E-state index contributed by atoms with van der Waals surface area (Å²) in [4.78, 5) is 0. The predicted octanol–water partition coefficient (Wildman–Crippen LogP) is 10.0. The molecule has 0 N–H and O–H groups in total. The second-order valence-corrected chi connectivity index (χ2v) is 11.0. The highest BCUT2D eigenvalue weighted by atomic mass is 35.5. The Bertz CT molecular complexity index is 1100. The molecule has 192 valence electrons. The molecule has 0 aromatic heterocycles. The van der Waals surface area contributed by atoms with E-state index in [0.29, 0.717) is 24.3 Å². The van der Waals surface area contributed by atoms with Crippen LogP contribution in [0.5, 0.6) is 0 Å². The summed E-state index contributed by atoms with van der Waals surface area (Å²) in [5.74, 6) is 0.854. The standard InChI is InChI=1S/C33H39ClF2/c1-2-3-4-5-24-8-15-28(16-9-24)29-17-10-25(11-18-29)6-7-26-12-19-30(32(35)22-26)20-13-27-14-21-31(34)33(36)23-27/h8-9,12,14-16,19,21-23,25,29H,2-7,10-11,13,17-18,20H2,1H3. The van der Waals surface area contributed by atoms with Crippen molar-refractivity contribution in [2.75, 3.05) is 0 Å². The third-order valence-electron chi connectivity index (χ3n) is 7.99. The van der Waals surface area contributed by atoms with Gasteiger partial charge in [0.1, 0.15) is 11.6 Å². The molecule has 1 aliphatic carbocycles. The van der Waals surface area contributed by atoms with Crippen molar-refractivity contribution >= 4 is 11.6 Å². The third-order valence-corrected chi connectivity index (χ3v) is 8.30. The van der Waals surface area contributed by atoms with E-state index in [0.717, 1.165) is 29.9 Å². The summed E-state index contributed by atoms with van der Waals surface area (Å²) in [5.41, 5.74) is 5.57. The lowest BCUT2D eigenvalue weighted by Crippen LogP contribution is -2.14. The molecule has 1 saturated carbocycles. The van der Waals surface area contributed by atoms with Crippen molar-refractivity contribution in [1.29, 1.82) is 0 Å². The largest absolute Gasteiger partial charge is 0.207 e. The lowest BCUT2D eigenvalue weighted by atomic mass is 9.76. The van der Waals surface area contributed by atoms with Gasteiger partial charge in [-0.05, 0) is 122 Å². The van der Waals surface area contributed by atoms with Gasteiger partial charge in [-0.3, -0.25) is 0 Å². The first-order valence-electron chi connectivity index (χ1n) is 13.8. The molecule has 3 heteroatoms. The van der Waals surface area contributed by atoms with Crippen molar-refractivity contribution in [2.45, 2.75) is 89.9 Å². The first kappa shape index (κ1) is 26.9. The van der Waals surface area contributed by atoms with E-state index >= 15 is 0 Å². The Morgan fingerprint density at radius 1 is 0.694 bits per heavy atom. The third kappa shape index (κ3) is 7.65. The van der Waals surface area contributed by atoms with Gasteiger partial charge in [0.2, 0.25) is 0 Å². The van der Waals surface area contributed by atoms with Gasteiger partial charge < -0.3 is 0 Å². The maximum absolute atomic E-state index is 14.7. The molecule has 0 amide bonds. The zero-order valence-electron chi connectivity index (χ0n) is 21.5. The molecule has 4 rings (SSSR count). The van der Waals surface area contributed by atoms with E-state index in [4.69, 9.17) is 11.6 Å². The molecule has 0 spiro atoms. The van der Waals surface area contributed by atoms with Gasteiger partial charge in [-0.1, -0.05) is 73.8 Å². The lowest BCUT2D eigenvalue weighted by Gasteiger charge is -2.29. The van der Waals surface area contributed by atoms with E-state index in [1.54, 1.807) is 18.2 Å². The highest BCUT2D eigenvalue weighted by Gasteiger charge is 2.22. The number of halogens is 3. The second kappa shape index (κ2) is 13.4. The summed E-state index contributed by atoms with van der Waals surface area (Å²) in [6, 6.07) is 19.9. The molecule has 0 heterocycles. The second-order valence-electron chi connectivity index (χ2n) is 10.6. The molecular weight excluding hydrogens is 470 g/mol. The molecule has 0 unspecified atom stereocenters. The van der Waals surface area contributed by atoms with Crippen molar-refractivity contribution in [3.63, 3.8) is 0 Å². The molecule has 1 aliphatic rings. The quantitative estimate of drug-likeness (QED) is 0.226. The molecule has 0 radical (unpaired) electrons. The van der Waals surface area contributed by atoms with Crippen molar-refractivity contribution in [2.24, 2.45) is 5.92 Å². The van der Waals surface area contributed by atoms with Crippen molar-refractivity contribution in [3.8, 4) is 0 Å². The molecule has 3 aromatic rings. The maximum Gasteiger partial charge on any atom is 0.142 e. The minimum absolute atomic E-state index is 0.120. The zero-order valence-corrected chi connectivity index (χ0v) is 22.3. The van der Waals surface area contributed by atoms with Crippen LogP contribution in [0.2, 0.25) is 5.02 Å². The van der Waals surface area contributed by atoms with E-state index < -0.39 is 5.82 Å². The maximum atomic E-state index is 14.7. The van der Waals surface area contributed by atoms with Crippen LogP contribution in [0, 0.1) is 17.6 Å². The van der Waals surface area contributed by atoms with Crippen molar-refractivity contribution in [3.05, 3.63) is 105 Å². The molecule has 0 bridgehead atoms. The van der Waals surface area contributed by atoms with Crippen molar-refractivity contribution < 1.29 is 8.78 Å². The average Bonchev–Trinajstić information content (AvgIpc) is 2.90. The Balaban J connectivity index is 1.20. The Hall–Kier alpha value is -2.19. The minimum atomic E-state index is -0.422. The zero-order chi connectivity index (χ0) is 25.3. The van der Waals surface area contributed by atoms with Crippen LogP contribution in [0.15, 0.2) is 60.7 Å². The van der Waals surface area contributed by atoms with E-state index in [9.17, 15) is 8.78 Å². The minimum Gasteiger partial charge on any atom is -0.207 e. The summed E-state index contributed by atoms with van der Waals surface area (Å²) in [5, 5.41) is 0.120. The Morgan fingerprint density at radius 3 is 2.06 bits per heavy atom. The summed E-state index contributed by atoms with van der Waals surface area (Å²) in [6.07, 6.45) is 13.3. The van der Waals surface area contributed by atoms with Gasteiger partial charge in [-0.25, -0.2) is 8.78 Å². The summed E-state index contributed by atoms with van der Waals surface area (Å²) >= 11 is 5.75. The normalized spacial score (nSPS) is 17.9. The molecule has 0 saturated heterocycles. The Morgan fingerprint density at radius 2 is 1.36 bits per heavy atom. The number of hydrogen-bond acceptors (Lipinski definition) is 0. The first-order valence-corrected chi connectivity index (χ1v) is 14.2. The van der Waals surface area contributed by atoms with Gasteiger partial charge in [0.05, 0.1) is 5.02 Å². The molecule has 0 aliphatic heterocycles. The van der Waals surface area contributed by atoms with E-state index in [1.165, 1.54) is 68.6 Å². The lowest BCUT2D eigenvalue weighted by molar-refractivity contribution is 0.310. The fourth-order valence-corrected chi connectivity index (χ4v) is 5.73. The van der Waals surface area contributed by atoms with Gasteiger partial charge in [-0.2, -0.15) is 0 Å². The smallest absolute Gasteiger partial charge is 0.142 e. The monoisotopic (exact) mass is 508 g/mol. The summed E-state index contributed by atoms with van der Waals surface area (Å²) in [6.45, 7) is 2.25. The van der Waals surface area contributed by atoms with Gasteiger partial charge in [0, 0.05) is 0 Å². The highest BCUT2D eigenvalue weighted by Crippen LogP contribution is 2.37. The highest BCUT2D eigenvalue weighted by molar-refractivity contribution is 6.30. The van der Waals surface area contributed by atoms with Crippen LogP contribution in [0.1, 0.15) is 92.0 Å². The van der Waals surface area contributed by atoms with Gasteiger partial charge in [0.15, 0.2) is 0 Å². The van der Waals surface area contributed by atoms with Crippen LogP contribution in [-0.4, -0.2) is 0 Å². The fourth-order valence-electron chi connectivity index (χ4n) is 5.61. The Kier molecular flexibility index (Phi) is 9.98. The number of hydrogen-bond donors (Lipinski definition) is 0.